The third kappa shape index (κ3) is 2.81. The Balaban J connectivity index is 2.28. The Hall–Kier alpha value is -1.45. The van der Waals surface area contributed by atoms with Crippen LogP contribution in [0.25, 0.3) is 0 Å². The topological polar surface area (TPSA) is 38.0 Å². The number of nitrogens with two attached hydrogens (primary N) is 1. The fourth-order valence-corrected chi connectivity index (χ4v) is 1.74. The van der Waals surface area contributed by atoms with Gasteiger partial charge in [0.15, 0.2) is 0 Å². The maximum Gasteiger partial charge on any atom is 0.141 e. The summed E-state index contributed by atoms with van der Waals surface area (Å²) in [6.45, 7) is 0. The summed E-state index contributed by atoms with van der Waals surface area (Å²) in [7, 11) is 0. The quantitative estimate of drug-likeness (QED) is 0.791. The fourth-order valence-electron chi connectivity index (χ4n) is 1.38. The van der Waals surface area contributed by atoms with Crippen molar-refractivity contribution in [1.29, 1.82) is 0 Å². The summed E-state index contributed by atoms with van der Waals surface area (Å²) in [5.74, 6) is -0.457. The van der Waals surface area contributed by atoms with Gasteiger partial charge in [-0.25, -0.2) is 4.39 Å². The predicted octanol–water partition coefficient (Wildman–Crippen LogP) is 4.46. The number of hydrogen-bond acceptors (Lipinski definition) is 2. The molecule has 0 amide bonds. The normalized spacial score (nSPS) is 10.3. The standard InChI is InChI=1S/C12H9Cl2FN2/c13-7-1-4-12(11(16)5-7)17-8-2-3-10(15)9(14)6-8/h1-6,17H,16H2. The van der Waals surface area contributed by atoms with Crippen LogP contribution in [-0.4, -0.2) is 0 Å². The van der Waals surface area contributed by atoms with Crippen molar-refractivity contribution in [3.8, 4) is 0 Å². The number of anilines is 3. The van der Waals surface area contributed by atoms with Crippen LogP contribution in [0.3, 0.4) is 0 Å². The van der Waals surface area contributed by atoms with Crippen LogP contribution in [0.4, 0.5) is 21.5 Å². The van der Waals surface area contributed by atoms with Crippen molar-refractivity contribution in [2.24, 2.45) is 0 Å². The predicted molar refractivity (Wildman–Crippen MR) is 70.6 cm³/mol. The molecule has 0 aromatic heterocycles. The Morgan fingerprint density at radius 3 is 2.47 bits per heavy atom. The summed E-state index contributed by atoms with van der Waals surface area (Å²) in [6, 6.07) is 9.45. The molecule has 3 N–H and O–H groups in total. The summed E-state index contributed by atoms with van der Waals surface area (Å²) >= 11 is 11.5. The Kier molecular flexibility index (Phi) is 3.41. The molecule has 0 spiro atoms. The molecule has 0 aliphatic heterocycles. The highest BCUT2D eigenvalue weighted by Crippen LogP contribution is 2.27. The van der Waals surface area contributed by atoms with E-state index in [1.165, 1.54) is 12.1 Å². The molecule has 2 rings (SSSR count). The number of halogens is 3. The van der Waals surface area contributed by atoms with Gasteiger partial charge in [0.1, 0.15) is 5.82 Å². The van der Waals surface area contributed by atoms with Crippen molar-refractivity contribution in [2.75, 3.05) is 11.1 Å². The van der Waals surface area contributed by atoms with Gasteiger partial charge in [0.2, 0.25) is 0 Å². The number of hydrogen-bond donors (Lipinski definition) is 2. The van der Waals surface area contributed by atoms with Gasteiger partial charge < -0.3 is 11.1 Å². The maximum atomic E-state index is 13.0. The summed E-state index contributed by atoms with van der Waals surface area (Å²) in [4.78, 5) is 0. The van der Waals surface area contributed by atoms with Gasteiger partial charge in [-0.15, -0.1) is 0 Å². The summed E-state index contributed by atoms with van der Waals surface area (Å²) in [5, 5.41) is 3.65. The smallest absolute Gasteiger partial charge is 0.141 e. The van der Waals surface area contributed by atoms with Crippen molar-refractivity contribution in [3.05, 3.63) is 52.3 Å². The van der Waals surface area contributed by atoms with Gasteiger partial charge >= 0.3 is 0 Å². The van der Waals surface area contributed by atoms with E-state index in [-0.39, 0.29) is 5.02 Å². The lowest BCUT2D eigenvalue weighted by Crippen LogP contribution is -1.96. The Morgan fingerprint density at radius 1 is 1.06 bits per heavy atom. The minimum absolute atomic E-state index is 0.0579. The molecule has 88 valence electrons. The lowest BCUT2D eigenvalue weighted by molar-refractivity contribution is 0.628. The van der Waals surface area contributed by atoms with Gasteiger partial charge in [-0.3, -0.25) is 0 Å². The van der Waals surface area contributed by atoms with Crippen molar-refractivity contribution in [2.45, 2.75) is 0 Å². The molecule has 2 aromatic carbocycles. The van der Waals surface area contributed by atoms with Crippen LogP contribution in [0.2, 0.25) is 10.0 Å². The largest absolute Gasteiger partial charge is 0.397 e. The van der Waals surface area contributed by atoms with E-state index in [4.69, 9.17) is 28.9 Å². The molecule has 2 aromatic rings. The third-order valence-corrected chi connectivity index (χ3v) is 2.74. The molecule has 17 heavy (non-hydrogen) atoms. The van der Waals surface area contributed by atoms with Gasteiger partial charge in [0.25, 0.3) is 0 Å². The second-order valence-corrected chi connectivity index (χ2v) is 4.33. The molecule has 0 aliphatic rings. The van der Waals surface area contributed by atoms with E-state index in [2.05, 4.69) is 5.32 Å². The minimum atomic E-state index is -0.457. The monoisotopic (exact) mass is 270 g/mol. The van der Waals surface area contributed by atoms with Crippen molar-refractivity contribution < 1.29 is 4.39 Å². The zero-order chi connectivity index (χ0) is 12.4. The SMILES string of the molecule is Nc1cc(Cl)ccc1Nc1ccc(F)c(Cl)c1. The van der Waals surface area contributed by atoms with E-state index in [9.17, 15) is 4.39 Å². The van der Waals surface area contributed by atoms with Gasteiger partial charge in [0.05, 0.1) is 16.4 Å². The highest BCUT2D eigenvalue weighted by Gasteiger charge is 2.03. The Morgan fingerprint density at radius 2 is 1.82 bits per heavy atom. The second-order valence-electron chi connectivity index (χ2n) is 3.49. The van der Waals surface area contributed by atoms with Crippen LogP contribution in [0.5, 0.6) is 0 Å². The summed E-state index contributed by atoms with van der Waals surface area (Å²) < 4.78 is 13.0. The average molecular weight is 271 g/mol. The van der Waals surface area contributed by atoms with E-state index < -0.39 is 5.82 Å². The van der Waals surface area contributed by atoms with Crippen LogP contribution in [0, 0.1) is 5.82 Å². The second kappa shape index (κ2) is 4.82. The maximum absolute atomic E-state index is 13.0. The highest BCUT2D eigenvalue weighted by molar-refractivity contribution is 6.31. The molecule has 2 nitrogen and oxygen atoms in total. The van der Waals surface area contributed by atoms with Crippen molar-refractivity contribution >= 4 is 40.3 Å². The third-order valence-electron chi connectivity index (χ3n) is 2.21. The van der Waals surface area contributed by atoms with Crippen LogP contribution in [-0.2, 0) is 0 Å². The average Bonchev–Trinajstić information content (AvgIpc) is 2.27. The van der Waals surface area contributed by atoms with Crippen LogP contribution in [0.1, 0.15) is 0 Å². The lowest BCUT2D eigenvalue weighted by Gasteiger charge is -2.10. The van der Waals surface area contributed by atoms with Gasteiger partial charge in [-0.05, 0) is 36.4 Å². The van der Waals surface area contributed by atoms with E-state index in [0.717, 1.165) is 0 Å². The van der Waals surface area contributed by atoms with E-state index in [0.29, 0.717) is 22.1 Å². The molecule has 0 saturated carbocycles. The van der Waals surface area contributed by atoms with Gasteiger partial charge in [0, 0.05) is 10.7 Å². The Bertz CT molecular complexity index is 558. The number of rotatable bonds is 2. The minimum Gasteiger partial charge on any atom is -0.397 e. The molecule has 0 saturated heterocycles. The molecular formula is C12H9Cl2FN2. The molecule has 0 aliphatic carbocycles. The number of nitrogens with one attached hydrogen (secondary N) is 1. The first-order valence-electron chi connectivity index (χ1n) is 4.83. The van der Waals surface area contributed by atoms with Crippen LogP contribution in [0.15, 0.2) is 36.4 Å². The zero-order valence-corrected chi connectivity index (χ0v) is 10.2. The fraction of sp³-hybridized carbons (Fsp3) is 0. The molecule has 0 radical (unpaired) electrons. The first-order valence-corrected chi connectivity index (χ1v) is 5.59. The molecule has 0 atom stereocenters. The number of benzene rings is 2. The first-order chi connectivity index (χ1) is 8.06. The lowest BCUT2D eigenvalue weighted by atomic mass is 10.2. The van der Waals surface area contributed by atoms with Crippen LogP contribution < -0.4 is 11.1 Å². The number of nitrogen functional groups attached to an aromatic ring is 1. The highest BCUT2D eigenvalue weighted by atomic mass is 35.5. The van der Waals surface area contributed by atoms with Gasteiger partial charge in [-0.2, -0.15) is 0 Å². The first kappa shape index (κ1) is 12.0. The summed E-state index contributed by atoms with van der Waals surface area (Å²) in [6.07, 6.45) is 0. The van der Waals surface area contributed by atoms with E-state index >= 15 is 0 Å². The van der Waals surface area contributed by atoms with E-state index in [1.54, 1.807) is 24.3 Å². The van der Waals surface area contributed by atoms with E-state index in [1.807, 2.05) is 0 Å². The molecule has 0 bridgehead atoms. The van der Waals surface area contributed by atoms with Crippen molar-refractivity contribution in [3.63, 3.8) is 0 Å². The van der Waals surface area contributed by atoms with Crippen molar-refractivity contribution in [1.82, 2.24) is 0 Å². The van der Waals surface area contributed by atoms with Crippen LogP contribution >= 0.6 is 23.2 Å². The zero-order valence-electron chi connectivity index (χ0n) is 8.68. The molecule has 5 heteroatoms. The molecule has 0 fully saturated rings. The van der Waals surface area contributed by atoms with Gasteiger partial charge in [-0.1, -0.05) is 23.2 Å². The Labute approximate surface area is 108 Å². The molecule has 0 heterocycles. The summed E-state index contributed by atoms with van der Waals surface area (Å²) in [5.41, 5.74) is 7.64. The molecular weight excluding hydrogens is 262 g/mol. The molecule has 0 unspecified atom stereocenters.